The third-order valence-electron chi connectivity index (χ3n) is 8.76. The fourth-order valence-electron chi connectivity index (χ4n) is 5.49. The molecule has 11 nitrogen and oxygen atoms in total. The number of hydrogen-bond acceptors (Lipinski definition) is 8. The van der Waals surface area contributed by atoms with Crippen LogP contribution >= 0.6 is 11.6 Å². The normalized spacial score (nSPS) is 18.0. The molecule has 0 unspecified atom stereocenters. The molecule has 2 rings (SSSR count). The van der Waals surface area contributed by atoms with Crippen molar-refractivity contribution in [3.63, 3.8) is 0 Å². The van der Waals surface area contributed by atoms with Crippen molar-refractivity contribution in [3.05, 3.63) is 23.8 Å². The van der Waals surface area contributed by atoms with Gasteiger partial charge in [-0.2, -0.15) is 0 Å². The molecule has 1 heterocycles. The number of amides is 3. The standard InChI is InChI=1S/C34H56ClN3O8/c1-22(2)25(16-24-10-11-28(43-8)30(17-24)44-14-9-13-42-7)18-27-29(46-21-38(27)33(41)45-15-12-35)19-26(23(3)4)31(39)37-20-34(5,6)32(36)40/h10-11,17,22-23,25-27,29H,9,12-16,18-21H2,1-8H3,(H2,36,40)(H,37,39)/t25-,26-,27-,29-/m0/s1. The van der Waals surface area contributed by atoms with Crippen LogP contribution < -0.4 is 20.5 Å². The predicted octanol–water partition coefficient (Wildman–Crippen LogP) is 5.01. The fraction of sp³-hybridized carbons (Fsp3) is 0.735. The van der Waals surface area contributed by atoms with E-state index in [1.165, 1.54) is 0 Å². The number of carbonyl (C=O) groups excluding carboxylic acids is 3. The lowest BCUT2D eigenvalue weighted by Crippen LogP contribution is -2.46. The van der Waals surface area contributed by atoms with Gasteiger partial charge in [0.05, 0.1) is 37.2 Å². The third kappa shape index (κ3) is 11.8. The number of ether oxygens (including phenoxy) is 5. The summed E-state index contributed by atoms with van der Waals surface area (Å²) in [5.74, 6) is 0.882. The summed E-state index contributed by atoms with van der Waals surface area (Å²) in [6, 6.07) is 5.65. The van der Waals surface area contributed by atoms with Crippen molar-refractivity contribution < 1.29 is 38.1 Å². The topological polar surface area (TPSA) is 139 Å². The number of primary amides is 1. The van der Waals surface area contributed by atoms with Crippen molar-refractivity contribution in [1.82, 2.24) is 10.2 Å². The van der Waals surface area contributed by atoms with Crippen LogP contribution in [0.3, 0.4) is 0 Å². The molecule has 46 heavy (non-hydrogen) atoms. The highest BCUT2D eigenvalue weighted by Crippen LogP contribution is 2.36. The van der Waals surface area contributed by atoms with E-state index in [1.54, 1.807) is 33.0 Å². The maximum atomic E-state index is 13.4. The van der Waals surface area contributed by atoms with Crippen LogP contribution in [0.2, 0.25) is 0 Å². The number of benzene rings is 1. The molecule has 3 N–H and O–H groups in total. The number of methoxy groups -OCH3 is 2. The van der Waals surface area contributed by atoms with Gasteiger partial charge in [-0.25, -0.2) is 4.79 Å². The van der Waals surface area contributed by atoms with E-state index >= 15 is 0 Å². The molecule has 12 heteroatoms. The van der Waals surface area contributed by atoms with Crippen LogP contribution in [-0.2, 0) is 30.2 Å². The van der Waals surface area contributed by atoms with Crippen LogP contribution in [0.1, 0.15) is 66.4 Å². The van der Waals surface area contributed by atoms with Gasteiger partial charge in [0.1, 0.15) is 13.3 Å². The Bertz CT molecular complexity index is 1120. The lowest BCUT2D eigenvalue weighted by Gasteiger charge is -2.33. The van der Waals surface area contributed by atoms with Crippen molar-refractivity contribution in [3.8, 4) is 11.5 Å². The zero-order chi connectivity index (χ0) is 34.4. The Balaban J connectivity index is 2.31. The molecule has 0 spiro atoms. The minimum Gasteiger partial charge on any atom is -0.493 e. The first-order valence-electron chi connectivity index (χ1n) is 16.2. The Hall–Kier alpha value is -2.76. The van der Waals surface area contributed by atoms with Crippen LogP contribution in [0.25, 0.3) is 0 Å². The minimum atomic E-state index is -0.882. The summed E-state index contributed by atoms with van der Waals surface area (Å²) in [7, 11) is 3.28. The number of rotatable bonds is 20. The van der Waals surface area contributed by atoms with Crippen molar-refractivity contribution in [2.75, 3.05) is 53.2 Å². The summed E-state index contributed by atoms with van der Waals surface area (Å²) in [4.78, 5) is 40.0. The molecule has 1 aliphatic rings. The van der Waals surface area contributed by atoms with E-state index in [9.17, 15) is 14.4 Å². The summed E-state index contributed by atoms with van der Waals surface area (Å²) in [6.45, 7) is 13.1. The molecule has 0 bridgehead atoms. The lowest BCUT2D eigenvalue weighted by atomic mass is 9.80. The van der Waals surface area contributed by atoms with E-state index in [2.05, 4.69) is 19.2 Å². The first kappa shape index (κ1) is 39.4. The molecule has 1 fully saturated rings. The molecule has 3 amide bonds. The van der Waals surface area contributed by atoms with Crippen LogP contribution in [0.4, 0.5) is 4.79 Å². The summed E-state index contributed by atoms with van der Waals surface area (Å²) >= 11 is 5.81. The molecule has 0 saturated carbocycles. The Morgan fingerprint density at radius 1 is 1.07 bits per heavy atom. The Morgan fingerprint density at radius 2 is 1.78 bits per heavy atom. The lowest BCUT2D eigenvalue weighted by molar-refractivity contribution is -0.130. The Morgan fingerprint density at radius 3 is 2.37 bits per heavy atom. The van der Waals surface area contributed by atoms with Gasteiger partial charge in [0.25, 0.3) is 0 Å². The molecular weight excluding hydrogens is 614 g/mol. The molecule has 1 aromatic carbocycles. The van der Waals surface area contributed by atoms with E-state index in [0.717, 1.165) is 18.4 Å². The molecule has 1 aliphatic heterocycles. The SMILES string of the molecule is COCCCOc1cc(C[C@@H](C[C@H]2[C@H](C[C@H](C(=O)NCC(C)(C)C(N)=O)C(C)C)OCN2C(=O)OCCCl)C(C)C)ccc1OC. The zero-order valence-corrected chi connectivity index (χ0v) is 29.7. The smallest absolute Gasteiger partial charge is 0.411 e. The van der Waals surface area contributed by atoms with Crippen molar-refractivity contribution in [1.29, 1.82) is 0 Å². The number of carbonyl (C=O) groups is 3. The second kappa shape index (κ2) is 19.2. The zero-order valence-electron chi connectivity index (χ0n) is 28.9. The van der Waals surface area contributed by atoms with E-state index in [0.29, 0.717) is 37.6 Å². The summed E-state index contributed by atoms with van der Waals surface area (Å²) in [5.41, 5.74) is 5.72. The van der Waals surface area contributed by atoms with Gasteiger partial charge in [0.15, 0.2) is 11.5 Å². The van der Waals surface area contributed by atoms with Gasteiger partial charge in [0, 0.05) is 32.6 Å². The second-order valence-electron chi connectivity index (χ2n) is 13.4. The van der Waals surface area contributed by atoms with Crippen LogP contribution in [0.15, 0.2) is 18.2 Å². The summed E-state index contributed by atoms with van der Waals surface area (Å²) < 4.78 is 28.3. The third-order valence-corrected chi connectivity index (χ3v) is 8.91. The maximum absolute atomic E-state index is 13.4. The van der Waals surface area contributed by atoms with Gasteiger partial charge in [-0.15, -0.1) is 11.6 Å². The van der Waals surface area contributed by atoms with E-state index < -0.39 is 29.4 Å². The highest BCUT2D eigenvalue weighted by atomic mass is 35.5. The average Bonchev–Trinajstić information content (AvgIpc) is 3.41. The highest BCUT2D eigenvalue weighted by molar-refractivity contribution is 6.18. The van der Waals surface area contributed by atoms with Crippen LogP contribution in [-0.4, -0.2) is 88.1 Å². The number of nitrogens with two attached hydrogens (primary N) is 1. The van der Waals surface area contributed by atoms with Crippen LogP contribution in [0, 0.1) is 29.1 Å². The molecule has 262 valence electrons. The highest BCUT2D eigenvalue weighted by Gasteiger charge is 2.43. The average molecular weight is 670 g/mol. The van der Waals surface area contributed by atoms with E-state index in [4.69, 9.17) is 41.0 Å². The number of hydrogen-bond donors (Lipinski definition) is 2. The van der Waals surface area contributed by atoms with Gasteiger partial charge in [-0.3, -0.25) is 14.5 Å². The molecule has 0 radical (unpaired) electrons. The number of nitrogens with one attached hydrogen (secondary N) is 1. The maximum Gasteiger partial charge on any atom is 0.411 e. The van der Waals surface area contributed by atoms with Gasteiger partial charge in [-0.1, -0.05) is 33.8 Å². The molecule has 0 aromatic heterocycles. The summed E-state index contributed by atoms with van der Waals surface area (Å²) in [6.07, 6.45) is 1.64. The van der Waals surface area contributed by atoms with Crippen molar-refractivity contribution >= 4 is 29.5 Å². The van der Waals surface area contributed by atoms with Gasteiger partial charge >= 0.3 is 6.09 Å². The summed E-state index contributed by atoms with van der Waals surface area (Å²) in [5, 5.41) is 2.92. The number of alkyl halides is 1. The molecule has 0 aliphatic carbocycles. The Labute approximate surface area is 280 Å². The van der Waals surface area contributed by atoms with Crippen molar-refractivity contribution in [2.24, 2.45) is 34.8 Å². The van der Waals surface area contributed by atoms with E-state index in [1.807, 2.05) is 32.0 Å². The fourth-order valence-corrected chi connectivity index (χ4v) is 5.57. The molecule has 4 atom stereocenters. The largest absolute Gasteiger partial charge is 0.493 e. The molecule has 1 saturated heterocycles. The van der Waals surface area contributed by atoms with Crippen molar-refractivity contribution in [2.45, 2.75) is 79.4 Å². The monoisotopic (exact) mass is 669 g/mol. The first-order valence-corrected chi connectivity index (χ1v) is 16.8. The molecule has 1 aromatic rings. The quantitative estimate of drug-likeness (QED) is 0.146. The number of nitrogens with zero attached hydrogens (tertiary/aromatic N) is 1. The van der Waals surface area contributed by atoms with Gasteiger partial charge in [-0.05, 0) is 68.6 Å². The molecular formula is C34H56ClN3O8. The van der Waals surface area contributed by atoms with Gasteiger partial charge in [0.2, 0.25) is 11.8 Å². The number of halogens is 1. The first-order chi connectivity index (χ1) is 21.7. The Kier molecular flexibility index (Phi) is 16.4. The van der Waals surface area contributed by atoms with E-state index in [-0.39, 0.29) is 55.5 Å². The van der Waals surface area contributed by atoms with Crippen LogP contribution in [0.5, 0.6) is 11.5 Å². The second-order valence-corrected chi connectivity index (χ2v) is 13.7. The minimum absolute atomic E-state index is 0.0132. The predicted molar refractivity (Wildman–Crippen MR) is 178 cm³/mol. The van der Waals surface area contributed by atoms with Gasteiger partial charge < -0.3 is 34.7 Å².